The average molecular weight is 220 g/mol. The minimum Gasteiger partial charge on any atom is -0.337 e. The van der Waals surface area contributed by atoms with Gasteiger partial charge in [-0.25, -0.2) is 0 Å². The number of likely N-dealkylation sites (tertiary alicyclic amines) is 1. The van der Waals surface area contributed by atoms with Crippen molar-refractivity contribution in [2.75, 3.05) is 6.54 Å². The van der Waals surface area contributed by atoms with Crippen LogP contribution in [-0.2, 0) is 4.79 Å². The van der Waals surface area contributed by atoms with Gasteiger partial charge in [0.25, 0.3) is 0 Å². The second kappa shape index (κ2) is 2.77. The third kappa shape index (κ3) is 1.95. The highest BCUT2D eigenvalue weighted by molar-refractivity contribution is 9.09. The normalized spacial score (nSPS) is 26.4. The van der Waals surface area contributed by atoms with Gasteiger partial charge in [-0.15, -0.1) is 0 Å². The quantitative estimate of drug-likeness (QED) is 0.570. The van der Waals surface area contributed by atoms with E-state index in [2.05, 4.69) is 36.7 Å². The van der Waals surface area contributed by atoms with Crippen LogP contribution in [0.1, 0.15) is 27.2 Å². The van der Waals surface area contributed by atoms with Gasteiger partial charge in [0.15, 0.2) is 0 Å². The molecule has 1 atom stereocenters. The summed E-state index contributed by atoms with van der Waals surface area (Å²) in [5.41, 5.74) is -0.0143. The Labute approximate surface area is 76.1 Å². The summed E-state index contributed by atoms with van der Waals surface area (Å²) in [5, 5.41) is 0. The smallest absolute Gasteiger partial charge is 0.224 e. The Morgan fingerprint density at radius 3 is 2.27 bits per heavy atom. The molecule has 1 heterocycles. The molecule has 1 rings (SSSR count). The van der Waals surface area contributed by atoms with Gasteiger partial charge in [0, 0.05) is 23.3 Å². The van der Waals surface area contributed by atoms with Gasteiger partial charge >= 0.3 is 0 Å². The largest absolute Gasteiger partial charge is 0.337 e. The van der Waals surface area contributed by atoms with E-state index in [0.717, 1.165) is 6.54 Å². The van der Waals surface area contributed by atoms with E-state index in [9.17, 15) is 4.79 Å². The second-order valence-corrected chi connectivity index (χ2v) is 5.27. The van der Waals surface area contributed by atoms with Gasteiger partial charge in [0.1, 0.15) is 0 Å². The summed E-state index contributed by atoms with van der Waals surface area (Å²) in [6, 6.07) is 0. The molecule has 1 fully saturated rings. The molecule has 1 aliphatic rings. The zero-order valence-electron chi connectivity index (χ0n) is 7.22. The Morgan fingerprint density at radius 2 is 2.09 bits per heavy atom. The van der Waals surface area contributed by atoms with E-state index in [-0.39, 0.29) is 11.4 Å². The van der Waals surface area contributed by atoms with Gasteiger partial charge in [-0.3, -0.25) is 4.79 Å². The lowest BCUT2D eigenvalue weighted by Gasteiger charge is -2.31. The lowest BCUT2D eigenvalue weighted by Crippen LogP contribution is -2.42. The summed E-state index contributed by atoms with van der Waals surface area (Å²) >= 11 is 3.45. The number of alkyl halides is 1. The third-order valence-electron chi connectivity index (χ3n) is 1.89. The Kier molecular flexibility index (Phi) is 2.28. The Morgan fingerprint density at radius 1 is 1.55 bits per heavy atom. The molecule has 0 N–H and O–H groups in total. The van der Waals surface area contributed by atoms with Crippen molar-refractivity contribution < 1.29 is 4.79 Å². The first-order valence-corrected chi connectivity index (χ1v) is 4.77. The van der Waals surface area contributed by atoms with E-state index in [4.69, 9.17) is 0 Å². The number of carbonyl (C=O) groups excluding carboxylic acids is 1. The van der Waals surface area contributed by atoms with Crippen LogP contribution in [0.3, 0.4) is 0 Å². The van der Waals surface area contributed by atoms with Crippen LogP contribution in [0.25, 0.3) is 0 Å². The molecule has 0 spiro atoms. The fraction of sp³-hybridized carbons (Fsp3) is 0.875. The topological polar surface area (TPSA) is 20.3 Å². The summed E-state index contributed by atoms with van der Waals surface area (Å²) in [7, 11) is 0. The highest BCUT2D eigenvalue weighted by Gasteiger charge is 2.34. The average Bonchev–Trinajstić information content (AvgIpc) is 2.08. The van der Waals surface area contributed by atoms with Crippen LogP contribution >= 0.6 is 15.9 Å². The number of halogens is 1. The summed E-state index contributed by atoms with van der Waals surface area (Å²) in [4.78, 5) is 13.6. The molecule has 64 valence electrons. The molecule has 1 aliphatic heterocycles. The number of hydrogen-bond acceptors (Lipinski definition) is 1. The van der Waals surface area contributed by atoms with Crippen molar-refractivity contribution in [3.8, 4) is 0 Å². The van der Waals surface area contributed by atoms with Crippen molar-refractivity contribution in [2.24, 2.45) is 0 Å². The van der Waals surface area contributed by atoms with Crippen molar-refractivity contribution in [1.29, 1.82) is 0 Å². The predicted octanol–water partition coefficient (Wildman–Crippen LogP) is 1.78. The van der Waals surface area contributed by atoms with Crippen molar-refractivity contribution in [3.63, 3.8) is 0 Å². The number of rotatable bonds is 0. The zero-order valence-corrected chi connectivity index (χ0v) is 8.81. The van der Waals surface area contributed by atoms with Gasteiger partial charge < -0.3 is 4.90 Å². The molecular formula is C8H14BrNO. The first-order chi connectivity index (χ1) is 4.91. The van der Waals surface area contributed by atoms with Gasteiger partial charge in [-0.2, -0.15) is 0 Å². The predicted molar refractivity (Wildman–Crippen MR) is 48.8 cm³/mol. The maximum Gasteiger partial charge on any atom is 0.224 e. The second-order valence-electron chi connectivity index (χ2n) is 3.98. The van der Waals surface area contributed by atoms with Gasteiger partial charge in [0.05, 0.1) is 0 Å². The molecule has 0 radical (unpaired) electrons. The molecule has 0 aromatic heterocycles. The van der Waals surface area contributed by atoms with Crippen molar-refractivity contribution in [3.05, 3.63) is 0 Å². The number of nitrogens with zero attached hydrogens (tertiary/aromatic N) is 1. The molecule has 0 aliphatic carbocycles. The number of amides is 1. The first-order valence-electron chi connectivity index (χ1n) is 3.86. The molecule has 0 aromatic carbocycles. The zero-order chi connectivity index (χ0) is 8.65. The van der Waals surface area contributed by atoms with Crippen LogP contribution in [0, 0.1) is 0 Å². The van der Waals surface area contributed by atoms with Crippen LogP contribution in [0.15, 0.2) is 0 Å². The molecule has 0 bridgehead atoms. The lowest BCUT2D eigenvalue weighted by atomic mass is 10.1. The molecule has 11 heavy (non-hydrogen) atoms. The summed E-state index contributed by atoms with van der Waals surface area (Å²) in [6.07, 6.45) is 0.650. The SMILES string of the molecule is CC(C)(C)N1CC(Br)CC1=O. The monoisotopic (exact) mass is 219 g/mol. The van der Waals surface area contributed by atoms with Crippen LogP contribution in [0.2, 0.25) is 0 Å². The van der Waals surface area contributed by atoms with E-state index in [0.29, 0.717) is 11.2 Å². The molecule has 1 saturated heterocycles. The lowest BCUT2D eigenvalue weighted by molar-refractivity contribution is -0.131. The van der Waals surface area contributed by atoms with E-state index >= 15 is 0 Å². The summed E-state index contributed by atoms with van der Waals surface area (Å²) in [5.74, 6) is 0.263. The van der Waals surface area contributed by atoms with Crippen molar-refractivity contribution in [2.45, 2.75) is 37.6 Å². The number of carbonyl (C=O) groups is 1. The fourth-order valence-corrected chi connectivity index (χ4v) is 1.88. The third-order valence-corrected chi connectivity index (χ3v) is 2.50. The van der Waals surface area contributed by atoms with Gasteiger partial charge in [0.2, 0.25) is 5.91 Å². The maximum atomic E-state index is 11.3. The standard InChI is InChI=1S/C8H14BrNO/c1-8(2,3)10-5-6(9)4-7(10)11/h6H,4-5H2,1-3H3. The summed E-state index contributed by atoms with van der Waals surface area (Å²) in [6.45, 7) is 7.05. The molecule has 3 heteroatoms. The Hall–Kier alpha value is -0.0500. The van der Waals surface area contributed by atoms with Gasteiger partial charge in [-0.1, -0.05) is 15.9 Å². The minimum atomic E-state index is -0.0143. The maximum absolute atomic E-state index is 11.3. The Balaban J connectivity index is 2.68. The molecule has 1 unspecified atom stereocenters. The van der Waals surface area contributed by atoms with E-state index < -0.39 is 0 Å². The first kappa shape index (κ1) is 9.04. The van der Waals surface area contributed by atoms with E-state index in [1.165, 1.54) is 0 Å². The van der Waals surface area contributed by atoms with Crippen LogP contribution in [0.5, 0.6) is 0 Å². The van der Waals surface area contributed by atoms with Gasteiger partial charge in [-0.05, 0) is 20.8 Å². The molecule has 2 nitrogen and oxygen atoms in total. The highest BCUT2D eigenvalue weighted by Crippen LogP contribution is 2.25. The summed E-state index contributed by atoms with van der Waals surface area (Å²) < 4.78 is 0. The molecular weight excluding hydrogens is 206 g/mol. The minimum absolute atomic E-state index is 0.0143. The Bertz CT molecular complexity index is 173. The van der Waals surface area contributed by atoms with E-state index in [1.54, 1.807) is 0 Å². The van der Waals surface area contributed by atoms with E-state index in [1.807, 2.05) is 4.90 Å². The van der Waals surface area contributed by atoms with Crippen LogP contribution in [0.4, 0.5) is 0 Å². The van der Waals surface area contributed by atoms with Crippen molar-refractivity contribution in [1.82, 2.24) is 4.90 Å². The highest BCUT2D eigenvalue weighted by atomic mass is 79.9. The van der Waals surface area contributed by atoms with Crippen LogP contribution in [-0.4, -0.2) is 27.7 Å². The molecule has 0 aromatic rings. The molecule has 0 saturated carbocycles. The number of hydrogen-bond donors (Lipinski definition) is 0. The van der Waals surface area contributed by atoms with Crippen LogP contribution < -0.4 is 0 Å². The fourth-order valence-electron chi connectivity index (χ4n) is 1.31. The van der Waals surface area contributed by atoms with Crippen molar-refractivity contribution >= 4 is 21.8 Å². The molecule has 1 amide bonds.